The first-order valence-electron chi connectivity index (χ1n) is 7.07. The predicted molar refractivity (Wildman–Crippen MR) is 81.4 cm³/mol. The SMILES string of the molecule is CN(C)[P+](=O)N1CC(C[O-])OC(n2cnc3c(N)ncnc32)C1. The van der Waals surface area contributed by atoms with E-state index in [0.29, 0.717) is 24.3 Å². The molecule has 1 aliphatic heterocycles. The molecule has 0 radical (unpaired) electrons. The molecule has 1 aliphatic rings. The maximum Gasteiger partial charge on any atom is 0.537 e. The number of nitrogens with two attached hydrogens (primary N) is 1. The number of hydrogen-bond donors (Lipinski definition) is 1. The van der Waals surface area contributed by atoms with E-state index in [0.717, 1.165) is 0 Å². The van der Waals surface area contributed by atoms with Gasteiger partial charge in [-0.3, -0.25) is 4.57 Å². The second kappa shape index (κ2) is 6.42. The highest BCUT2D eigenvalue weighted by atomic mass is 31.1. The molecule has 0 spiro atoms. The van der Waals surface area contributed by atoms with E-state index in [9.17, 15) is 9.67 Å². The minimum Gasteiger partial charge on any atom is -0.853 e. The molecule has 1 fully saturated rings. The lowest BCUT2D eigenvalue weighted by Gasteiger charge is -2.34. The number of rotatable bonds is 4. The third kappa shape index (κ3) is 3.04. The number of imidazole rings is 1. The largest absolute Gasteiger partial charge is 0.853 e. The topological polar surface area (TPSA) is 125 Å². The van der Waals surface area contributed by atoms with Gasteiger partial charge in [0.1, 0.15) is 11.8 Å². The van der Waals surface area contributed by atoms with E-state index >= 15 is 0 Å². The van der Waals surface area contributed by atoms with E-state index in [1.54, 1.807) is 34.3 Å². The van der Waals surface area contributed by atoms with E-state index in [2.05, 4.69) is 15.0 Å². The number of fused-ring (bicyclic) bond motifs is 1. The van der Waals surface area contributed by atoms with E-state index in [-0.39, 0.29) is 5.82 Å². The zero-order valence-electron chi connectivity index (χ0n) is 12.9. The van der Waals surface area contributed by atoms with Crippen molar-refractivity contribution in [3.63, 3.8) is 0 Å². The molecular formula is C12H18N7O3P. The molecule has 2 aromatic rings. The van der Waals surface area contributed by atoms with Crippen molar-refractivity contribution in [2.24, 2.45) is 0 Å². The molecular weight excluding hydrogens is 321 g/mol. The monoisotopic (exact) mass is 339 g/mol. The summed E-state index contributed by atoms with van der Waals surface area (Å²) >= 11 is 0. The number of nitrogens with zero attached hydrogens (tertiary/aromatic N) is 6. The minimum atomic E-state index is -1.74. The number of nitrogen functional groups attached to an aromatic ring is 1. The predicted octanol–water partition coefficient (Wildman–Crippen LogP) is -0.813. The lowest BCUT2D eigenvalue weighted by atomic mass is 10.3. The van der Waals surface area contributed by atoms with Crippen LogP contribution in [0.25, 0.3) is 11.2 Å². The number of aromatic nitrogens is 4. The van der Waals surface area contributed by atoms with Crippen LogP contribution in [0.2, 0.25) is 0 Å². The Hall–Kier alpha value is -1.71. The summed E-state index contributed by atoms with van der Waals surface area (Å²) in [5.41, 5.74) is 6.78. The second-order valence-electron chi connectivity index (χ2n) is 5.43. The summed E-state index contributed by atoms with van der Waals surface area (Å²) in [5.74, 6) is 0.279. The molecule has 1 saturated heterocycles. The Morgan fingerprint density at radius 2 is 2.22 bits per heavy atom. The summed E-state index contributed by atoms with van der Waals surface area (Å²) < 4.78 is 23.2. The lowest BCUT2D eigenvalue weighted by molar-refractivity contribution is -0.392. The van der Waals surface area contributed by atoms with E-state index in [4.69, 9.17) is 10.5 Å². The van der Waals surface area contributed by atoms with Crippen molar-refractivity contribution < 1.29 is 14.4 Å². The van der Waals surface area contributed by atoms with Crippen LogP contribution in [0.3, 0.4) is 0 Å². The van der Waals surface area contributed by atoms with Crippen LogP contribution in [-0.4, -0.2) is 68.8 Å². The Labute approximate surface area is 133 Å². The summed E-state index contributed by atoms with van der Waals surface area (Å²) in [5, 5.41) is 11.3. The van der Waals surface area contributed by atoms with Gasteiger partial charge in [0.25, 0.3) is 0 Å². The number of anilines is 1. The highest BCUT2D eigenvalue weighted by molar-refractivity contribution is 7.39. The summed E-state index contributed by atoms with van der Waals surface area (Å²) in [6.45, 7) is 0.281. The standard InChI is InChI=1S/C12H18N7O3P/c1-17(2)23(21)18-3-8(5-20)22-9(4-18)19-7-16-10-11(13)14-6-15-12(10)19/h6-9H,3-5H2,1-2H3,(H2,13,14,15). The molecule has 0 aromatic carbocycles. The van der Waals surface area contributed by atoms with Gasteiger partial charge in [0, 0.05) is 14.1 Å². The highest BCUT2D eigenvalue weighted by Gasteiger charge is 2.40. The summed E-state index contributed by atoms with van der Waals surface area (Å²) in [6.07, 6.45) is 1.83. The Kier molecular flexibility index (Phi) is 4.51. The smallest absolute Gasteiger partial charge is 0.537 e. The van der Waals surface area contributed by atoms with Gasteiger partial charge in [-0.1, -0.05) is 9.34 Å². The molecule has 3 heterocycles. The fourth-order valence-corrected chi connectivity index (χ4v) is 3.62. The van der Waals surface area contributed by atoms with Gasteiger partial charge >= 0.3 is 8.10 Å². The molecule has 2 aromatic heterocycles. The molecule has 23 heavy (non-hydrogen) atoms. The van der Waals surface area contributed by atoms with Gasteiger partial charge in [-0.15, -0.1) is 6.61 Å². The van der Waals surface area contributed by atoms with Crippen molar-refractivity contribution in [1.29, 1.82) is 0 Å². The van der Waals surface area contributed by atoms with Crippen LogP contribution < -0.4 is 10.8 Å². The summed E-state index contributed by atoms with van der Waals surface area (Å²) in [7, 11) is 1.73. The Balaban J connectivity index is 1.93. The molecule has 0 bridgehead atoms. The third-order valence-corrected chi connectivity index (χ3v) is 5.09. The molecule has 0 aliphatic carbocycles. The second-order valence-corrected chi connectivity index (χ2v) is 7.31. The molecule has 2 N–H and O–H groups in total. The third-order valence-electron chi connectivity index (χ3n) is 3.60. The molecule has 11 heteroatoms. The molecule has 124 valence electrons. The first-order chi connectivity index (χ1) is 11.0. The molecule has 3 rings (SSSR count). The van der Waals surface area contributed by atoms with Crippen LogP contribution in [0.4, 0.5) is 5.82 Å². The molecule has 0 amide bonds. The van der Waals surface area contributed by atoms with E-state index in [1.807, 2.05) is 0 Å². The minimum absolute atomic E-state index is 0.279. The van der Waals surface area contributed by atoms with Crippen molar-refractivity contribution in [1.82, 2.24) is 28.9 Å². The van der Waals surface area contributed by atoms with Gasteiger partial charge in [-0.25, -0.2) is 15.0 Å². The van der Waals surface area contributed by atoms with Crippen molar-refractivity contribution in [3.8, 4) is 0 Å². The van der Waals surface area contributed by atoms with Crippen LogP contribution in [0.1, 0.15) is 6.23 Å². The maximum absolute atomic E-state index is 12.4. The van der Waals surface area contributed by atoms with Crippen molar-refractivity contribution in [2.75, 3.05) is 39.5 Å². The van der Waals surface area contributed by atoms with Crippen LogP contribution in [0, 0.1) is 0 Å². The average molecular weight is 339 g/mol. The van der Waals surface area contributed by atoms with Gasteiger partial charge in [0.2, 0.25) is 0 Å². The normalized spacial score (nSPS) is 23.6. The van der Waals surface area contributed by atoms with Gasteiger partial charge in [0.15, 0.2) is 17.7 Å². The zero-order valence-corrected chi connectivity index (χ0v) is 13.8. The Morgan fingerprint density at radius 1 is 1.43 bits per heavy atom. The molecule has 10 nitrogen and oxygen atoms in total. The van der Waals surface area contributed by atoms with Crippen LogP contribution in [-0.2, 0) is 9.30 Å². The zero-order chi connectivity index (χ0) is 16.6. The van der Waals surface area contributed by atoms with Crippen LogP contribution in [0.15, 0.2) is 12.7 Å². The average Bonchev–Trinajstić information content (AvgIpc) is 2.99. The van der Waals surface area contributed by atoms with Crippen LogP contribution >= 0.6 is 8.10 Å². The van der Waals surface area contributed by atoms with E-state index < -0.39 is 27.0 Å². The quantitative estimate of drug-likeness (QED) is 0.711. The van der Waals surface area contributed by atoms with Gasteiger partial charge in [-0.2, -0.15) is 0 Å². The van der Waals surface area contributed by atoms with Crippen molar-refractivity contribution >= 4 is 25.1 Å². The number of ether oxygens (including phenoxy) is 1. The van der Waals surface area contributed by atoms with Gasteiger partial charge < -0.3 is 15.6 Å². The fraction of sp³-hybridized carbons (Fsp3) is 0.583. The van der Waals surface area contributed by atoms with Crippen molar-refractivity contribution in [2.45, 2.75) is 12.3 Å². The molecule has 3 atom stereocenters. The van der Waals surface area contributed by atoms with Gasteiger partial charge in [-0.05, 0) is 4.57 Å². The molecule has 0 saturated carbocycles. The Bertz CT molecular complexity index is 722. The van der Waals surface area contributed by atoms with E-state index in [1.165, 1.54) is 6.33 Å². The van der Waals surface area contributed by atoms with Gasteiger partial charge in [0.05, 0.1) is 25.5 Å². The van der Waals surface area contributed by atoms with Crippen molar-refractivity contribution in [3.05, 3.63) is 12.7 Å². The summed E-state index contributed by atoms with van der Waals surface area (Å²) in [6, 6.07) is 0. The maximum atomic E-state index is 12.4. The lowest BCUT2D eigenvalue weighted by Crippen LogP contribution is -2.47. The number of hydrogen-bond acceptors (Lipinski definition) is 7. The first-order valence-corrected chi connectivity index (χ1v) is 8.23. The first kappa shape index (κ1) is 16.2. The summed E-state index contributed by atoms with van der Waals surface area (Å²) in [4.78, 5) is 12.3. The number of morpholine rings is 1. The van der Waals surface area contributed by atoms with Crippen LogP contribution in [0.5, 0.6) is 0 Å². The highest BCUT2D eigenvalue weighted by Crippen LogP contribution is 2.35. The molecule has 3 unspecified atom stereocenters. The Morgan fingerprint density at radius 3 is 2.91 bits per heavy atom. The fourth-order valence-electron chi connectivity index (χ4n) is 2.52.